The molecule has 3 unspecified atom stereocenters. The first kappa shape index (κ1) is 21.8. The van der Waals surface area contributed by atoms with E-state index >= 15 is 0 Å². The fourth-order valence-corrected chi connectivity index (χ4v) is 2.24. The first-order valence-electron chi connectivity index (χ1n) is 8.48. The number of aliphatic hydroxyl groups is 6. The van der Waals surface area contributed by atoms with Crippen molar-refractivity contribution < 1.29 is 30.6 Å². The van der Waals surface area contributed by atoms with Gasteiger partial charge in [0.2, 0.25) is 0 Å². The van der Waals surface area contributed by atoms with Crippen molar-refractivity contribution in [1.29, 1.82) is 0 Å². The Hall–Kier alpha value is -1.20. The summed E-state index contributed by atoms with van der Waals surface area (Å²) in [5.74, 6) is -2.69. The van der Waals surface area contributed by atoms with Gasteiger partial charge in [-0.15, -0.1) is 0 Å². The summed E-state index contributed by atoms with van der Waals surface area (Å²) >= 11 is 0. The summed E-state index contributed by atoms with van der Waals surface area (Å²) in [5, 5.41) is 59.1. The van der Waals surface area contributed by atoms with Crippen molar-refractivity contribution in [2.45, 2.75) is 69.9 Å². The number of hydrogen-bond donors (Lipinski definition) is 7. The standard InChI is InChI=1S/C16H29N3O6/c1-2-3-7-17-14(21)8-13(20)15(22)12-10-18-11(9-19-12)5-4-6-16(23,24)25/h9-10,13-15,17,20-25H,2-8H2,1H3. The summed E-state index contributed by atoms with van der Waals surface area (Å²) < 4.78 is 0. The Bertz CT molecular complexity index is 480. The average molecular weight is 359 g/mol. The largest absolute Gasteiger partial charge is 0.390 e. The van der Waals surface area contributed by atoms with E-state index in [-0.39, 0.29) is 18.5 Å². The van der Waals surface area contributed by atoms with Crippen LogP contribution >= 0.6 is 0 Å². The van der Waals surface area contributed by atoms with Crippen LogP contribution < -0.4 is 5.32 Å². The molecule has 9 nitrogen and oxygen atoms in total. The molecular weight excluding hydrogens is 330 g/mol. The molecule has 7 N–H and O–H groups in total. The number of aliphatic hydroxyl groups excluding tert-OH is 3. The summed E-state index contributed by atoms with van der Waals surface area (Å²) in [7, 11) is 0. The fraction of sp³-hybridized carbons (Fsp3) is 0.750. The van der Waals surface area contributed by atoms with Gasteiger partial charge in [-0.05, 0) is 25.8 Å². The van der Waals surface area contributed by atoms with E-state index in [1.807, 2.05) is 6.92 Å². The van der Waals surface area contributed by atoms with E-state index in [2.05, 4.69) is 15.3 Å². The van der Waals surface area contributed by atoms with Crippen molar-refractivity contribution in [3.8, 4) is 0 Å². The molecule has 0 saturated heterocycles. The van der Waals surface area contributed by atoms with Crippen LogP contribution in [0.25, 0.3) is 0 Å². The monoisotopic (exact) mass is 359 g/mol. The lowest BCUT2D eigenvalue weighted by molar-refractivity contribution is -0.314. The molecule has 1 aromatic heterocycles. The molecule has 0 saturated carbocycles. The number of aromatic nitrogens is 2. The maximum Gasteiger partial charge on any atom is 0.275 e. The SMILES string of the molecule is CCCCNC(O)CC(O)C(O)c1cnc(CCCC(O)(O)O)cn1. The molecule has 9 heteroatoms. The minimum Gasteiger partial charge on any atom is -0.390 e. The molecule has 1 heterocycles. The smallest absolute Gasteiger partial charge is 0.275 e. The van der Waals surface area contributed by atoms with E-state index in [4.69, 9.17) is 15.3 Å². The lowest BCUT2D eigenvalue weighted by atomic mass is 10.1. The van der Waals surface area contributed by atoms with E-state index in [0.29, 0.717) is 25.1 Å². The van der Waals surface area contributed by atoms with Crippen molar-refractivity contribution in [2.75, 3.05) is 6.54 Å². The molecule has 0 aliphatic carbocycles. The topological polar surface area (TPSA) is 159 Å². The Morgan fingerprint density at radius 3 is 2.36 bits per heavy atom. The zero-order chi connectivity index (χ0) is 18.9. The van der Waals surface area contributed by atoms with Gasteiger partial charge in [-0.2, -0.15) is 0 Å². The van der Waals surface area contributed by atoms with E-state index in [1.165, 1.54) is 12.4 Å². The maximum absolute atomic E-state index is 10.1. The molecule has 0 aliphatic heterocycles. The normalized spacial score (nSPS) is 15.8. The highest BCUT2D eigenvalue weighted by Crippen LogP contribution is 2.17. The van der Waals surface area contributed by atoms with Crippen molar-refractivity contribution in [1.82, 2.24) is 15.3 Å². The molecule has 144 valence electrons. The minimum atomic E-state index is -2.69. The minimum absolute atomic E-state index is 0.0418. The van der Waals surface area contributed by atoms with Crippen molar-refractivity contribution in [3.05, 3.63) is 23.8 Å². The van der Waals surface area contributed by atoms with Gasteiger partial charge < -0.3 is 30.6 Å². The van der Waals surface area contributed by atoms with Gasteiger partial charge in [0.05, 0.1) is 23.7 Å². The van der Waals surface area contributed by atoms with Crippen LogP contribution in [-0.2, 0) is 6.42 Å². The molecule has 0 amide bonds. The van der Waals surface area contributed by atoms with Crippen LogP contribution in [0, 0.1) is 0 Å². The van der Waals surface area contributed by atoms with Crippen LogP contribution in [0.3, 0.4) is 0 Å². The van der Waals surface area contributed by atoms with Crippen LogP contribution in [0.1, 0.15) is 56.5 Å². The molecular formula is C16H29N3O6. The third kappa shape index (κ3) is 9.17. The Kier molecular flexibility index (Phi) is 9.36. The Labute approximate surface area is 147 Å². The summed E-state index contributed by atoms with van der Waals surface area (Å²) in [6.07, 6.45) is 1.65. The van der Waals surface area contributed by atoms with Gasteiger partial charge in [0, 0.05) is 19.0 Å². The van der Waals surface area contributed by atoms with E-state index in [1.54, 1.807) is 0 Å². The molecule has 3 atom stereocenters. The molecule has 1 rings (SSSR count). The third-order valence-electron chi connectivity index (χ3n) is 3.71. The zero-order valence-electron chi connectivity index (χ0n) is 14.4. The van der Waals surface area contributed by atoms with Crippen molar-refractivity contribution in [2.24, 2.45) is 0 Å². The predicted octanol–water partition coefficient (Wildman–Crippen LogP) is -1.08. The number of aryl methyl sites for hydroxylation is 1. The van der Waals surface area contributed by atoms with Gasteiger partial charge in [0.15, 0.2) is 0 Å². The van der Waals surface area contributed by atoms with Crippen LogP contribution in [0.15, 0.2) is 12.4 Å². The van der Waals surface area contributed by atoms with E-state index < -0.39 is 24.4 Å². The van der Waals surface area contributed by atoms with Crippen LogP contribution in [0.2, 0.25) is 0 Å². The Morgan fingerprint density at radius 2 is 1.80 bits per heavy atom. The first-order valence-corrected chi connectivity index (χ1v) is 8.48. The van der Waals surface area contributed by atoms with Crippen molar-refractivity contribution in [3.63, 3.8) is 0 Å². The van der Waals surface area contributed by atoms with Crippen LogP contribution in [0.4, 0.5) is 0 Å². The van der Waals surface area contributed by atoms with Gasteiger partial charge in [-0.25, -0.2) is 0 Å². The summed E-state index contributed by atoms with van der Waals surface area (Å²) in [6, 6.07) is 0. The number of nitrogens with one attached hydrogen (secondary N) is 1. The maximum atomic E-state index is 10.1. The second kappa shape index (κ2) is 10.7. The predicted molar refractivity (Wildman–Crippen MR) is 88.9 cm³/mol. The molecule has 0 radical (unpaired) electrons. The Morgan fingerprint density at radius 1 is 1.08 bits per heavy atom. The number of rotatable bonds is 12. The number of hydrogen-bond acceptors (Lipinski definition) is 9. The molecule has 0 bridgehead atoms. The fourth-order valence-electron chi connectivity index (χ4n) is 2.24. The average Bonchev–Trinajstić information content (AvgIpc) is 2.54. The van der Waals surface area contributed by atoms with Gasteiger partial charge >= 0.3 is 0 Å². The lowest BCUT2D eigenvalue weighted by Crippen LogP contribution is -2.35. The molecule has 1 aromatic rings. The van der Waals surface area contributed by atoms with E-state index in [0.717, 1.165) is 12.8 Å². The highest BCUT2D eigenvalue weighted by atomic mass is 16.7. The molecule has 0 fully saturated rings. The number of unbranched alkanes of at least 4 members (excludes halogenated alkanes) is 1. The number of nitrogens with zero attached hydrogens (tertiary/aromatic N) is 2. The van der Waals surface area contributed by atoms with Gasteiger partial charge in [0.1, 0.15) is 12.3 Å². The lowest BCUT2D eigenvalue weighted by Gasteiger charge is -2.21. The molecule has 0 aliphatic rings. The summed E-state index contributed by atoms with van der Waals surface area (Å²) in [6.45, 7) is 2.66. The van der Waals surface area contributed by atoms with Gasteiger partial charge in [-0.1, -0.05) is 13.3 Å². The molecule has 25 heavy (non-hydrogen) atoms. The van der Waals surface area contributed by atoms with Crippen LogP contribution in [-0.4, -0.2) is 65.5 Å². The van der Waals surface area contributed by atoms with Gasteiger partial charge in [-0.3, -0.25) is 15.3 Å². The molecule has 0 aromatic carbocycles. The summed E-state index contributed by atoms with van der Waals surface area (Å²) in [4.78, 5) is 8.12. The van der Waals surface area contributed by atoms with Crippen LogP contribution in [0.5, 0.6) is 0 Å². The second-order valence-electron chi connectivity index (χ2n) is 6.13. The molecule has 0 spiro atoms. The second-order valence-corrected chi connectivity index (χ2v) is 6.13. The third-order valence-corrected chi connectivity index (χ3v) is 3.71. The zero-order valence-corrected chi connectivity index (χ0v) is 14.4. The highest BCUT2D eigenvalue weighted by molar-refractivity contribution is 5.06. The quantitative estimate of drug-likeness (QED) is 0.182. The highest BCUT2D eigenvalue weighted by Gasteiger charge is 2.23. The first-order chi connectivity index (χ1) is 11.7. The van der Waals surface area contributed by atoms with Crippen molar-refractivity contribution >= 4 is 0 Å². The Balaban J connectivity index is 2.45. The van der Waals surface area contributed by atoms with Gasteiger partial charge in [0.25, 0.3) is 5.97 Å². The summed E-state index contributed by atoms with van der Waals surface area (Å²) in [5.41, 5.74) is 0.730. The van der Waals surface area contributed by atoms with E-state index in [9.17, 15) is 15.3 Å².